The van der Waals surface area contributed by atoms with Gasteiger partial charge in [0.25, 0.3) is 0 Å². The fourth-order valence-electron chi connectivity index (χ4n) is 4.04. The third-order valence-corrected chi connectivity index (χ3v) is 7.49. The minimum atomic E-state index is -3.61. The smallest absolute Gasteiger partial charge is 0.349 e. The van der Waals surface area contributed by atoms with Gasteiger partial charge in [-0.3, -0.25) is 9.36 Å². The Morgan fingerprint density at radius 1 is 1.26 bits per heavy atom. The first-order chi connectivity index (χ1) is 16.9. The van der Waals surface area contributed by atoms with Crippen LogP contribution in [0.2, 0.25) is 0 Å². The predicted octanol–water partition coefficient (Wildman–Crippen LogP) is 0.277. The van der Waals surface area contributed by atoms with E-state index < -0.39 is 15.7 Å². The third kappa shape index (κ3) is 6.34. The van der Waals surface area contributed by atoms with Gasteiger partial charge in [0, 0.05) is 49.4 Å². The van der Waals surface area contributed by atoms with Crippen molar-refractivity contribution in [1.82, 2.24) is 29.9 Å². The van der Waals surface area contributed by atoms with E-state index in [1.807, 2.05) is 6.07 Å². The first-order valence-corrected chi connectivity index (χ1v) is 13.2. The molecule has 0 radical (unpaired) electrons. The summed E-state index contributed by atoms with van der Waals surface area (Å²) in [5.41, 5.74) is 6.86. The van der Waals surface area contributed by atoms with Crippen molar-refractivity contribution in [3.63, 3.8) is 0 Å². The van der Waals surface area contributed by atoms with Crippen LogP contribution in [0.1, 0.15) is 25.7 Å². The summed E-state index contributed by atoms with van der Waals surface area (Å²) in [7, 11) is -3.61. The molecule has 3 aromatic rings. The van der Waals surface area contributed by atoms with Crippen LogP contribution in [0, 0.1) is 0 Å². The Hall–Kier alpha value is -3.06. The number of H-pyrrole nitrogens is 1. The van der Waals surface area contributed by atoms with Crippen LogP contribution in [0.15, 0.2) is 46.2 Å². The molecule has 2 aromatic heterocycles. The molecule has 6 N–H and O–H groups in total. The number of benzene rings is 1. The van der Waals surface area contributed by atoms with Gasteiger partial charge >= 0.3 is 5.69 Å². The van der Waals surface area contributed by atoms with Crippen molar-refractivity contribution in [2.45, 2.75) is 43.2 Å². The summed E-state index contributed by atoms with van der Waals surface area (Å²) in [4.78, 5) is 31.7. The molecule has 0 bridgehead atoms. The van der Waals surface area contributed by atoms with E-state index in [-0.39, 0.29) is 29.8 Å². The van der Waals surface area contributed by atoms with Crippen molar-refractivity contribution in [2.75, 3.05) is 26.2 Å². The Bertz CT molecular complexity index is 1330. The number of nitrogens with two attached hydrogens (primary N) is 1. The van der Waals surface area contributed by atoms with Crippen molar-refractivity contribution in [3.05, 3.63) is 47.0 Å². The van der Waals surface area contributed by atoms with Gasteiger partial charge in [0.1, 0.15) is 5.65 Å². The minimum Gasteiger partial charge on any atom is -0.356 e. The van der Waals surface area contributed by atoms with E-state index in [9.17, 15) is 18.0 Å². The van der Waals surface area contributed by atoms with E-state index in [0.717, 1.165) is 24.9 Å². The van der Waals surface area contributed by atoms with E-state index >= 15 is 0 Å². The van der Waals surface area contributed by atoms with Gasteiger partial charge in [-0.05, 0) is 56.1 Å². The van der Waals surface area contributed by atoms with E-state index in [1.54, 1.807) is 30.5 Å². The van der Waals surface area contributed by atoms with Crippen LogP contribution in [0.4, 0.5) is 0 Å². The molecule has 1 aliphatic rings. The average molecular weight is 502 g/mol. The highest BCUT2D eigenvalue weighted by atomic mass is 32.2. The molecule has 0 saturated carbocycles. The van der Waals surface area contributed by atoms with Crippen molar-refractivity contribution < 1.29 is 13.2 Å². The lowest BCUT2D eigenvalue weighted by Crippen LogP contribution is -2.45. The number of carbonyl (C=O) groups excluding carboxylic acids is 1. The summed E-state index contributed by atoms with van der Waals surface area (Å²) in [6.45, 7) is 2.76. The van der Waals surface area contributed by atoms with E-state index in [1.165, 1.54) is 4.57 Å². The fraction of sp³-hybridized carbons (Fsp3) is 0.435. The second-order valence-electron chi connectivity index (χ2n) is 8.63. The molecule has 1 amide bonds. The number of aryl methyl sites for hydroxylation is 1. The summed E-state index contributed by atoms with van der Waals surface area (Å²) < 4.78 is 29.6. The topological polar surface area (TPSA) is 164 Å². The number of carbonyl (C=O) groups is 1. The average Bonchev–Trinajstić information content (AvgIpc) is 3.26. The fourth-order valence-corrected chi connectivity index (χ4v) is 5.31. The molecule has 1 aliphatic heterocycles. The maximum absolute atomic E-state index is 12.7. The largest absolute Gasteiger partial charge is 0.356 e. The zero-order chi connectivity index (χ0) is 24.8. The zero-order valence-electron chi connectivity index (χ0n) is 19.4. The number of piperidine rings is 1. The van der Waals surface area contributed by atoms with Gasteiger partial charge in [-0.2, -0.15) is 4.98 Å². The zero-order valence-corrected chi connectivity index (χ0v) is 20.2. The van der Waals surface area contributed by atoms with E-state index in [4.69, 9.17) is 5.73 Å². The van der Waals surface area contributed by atoms with Gasteiger partial charge < -0.3 is 21.4 Å². The highest BCUT2D eigenvalue weighted by Crippen LogP contribution is 2.24. The predicted molar refractivity (Wildman–Crippen MR) is 133 cm³/mol. The van der Waals surface area contributed by atoms with Crippen LogP contribution in [-0.2, 0) is 21.4 Å². The first-order valence-electron chi connectivity index (χ1n) is 11.8. The van der Waals surface area contributed by atoms with Crippen LogP contribution in [0.5, 0.6) is 0 Å². The highest BCUT2D eigenvalue weighted by Gasteiger charge is 2.21. The number of aromatic amines is 1. The number of amides is 1. The van der Waals surface area contributed by atoms with Gasteiger partial charge in [0.15, 0.2) is 0 Å². The Balaban J connectivity index is 1.46. The molecule has 0 aliphatic carbocycles. The molecular weight excluding hydrogens is 470 g/mol. The molecule has 188 valence electrons. The van der Waals surface area contributed by atoms with Gasteiger partial charge in [-0.25, -0.2) is 17.9 Å². The number of aromatic nitrogens is 3. The molecule has 12 heteroatoms. The van der Waals surface area contributed by atoms with E-state index in [0.29, 0.717) is 42.8 Å². The number of hydrogen-bond donors (Lipinski definition) is 5. The molecule has 3 heterocycles. The molecule has 11 nitrogen and oxygen atoms in total. The summed E-state index contributed by atoms with van der Waals surface area (Å²) in [6.07, 6.45) is 4.28. The molecule has 4 rings (SSSR count). The Morgan fingerprint density at radius 3 is 2.77 bits per heavy atom. The number of rotatable bonds is 10. The Labute approximate surface area is 203 Å². The molecular formula is C23H31N7O4S. The molecule has 1 saturated heterocycles. The van der Waals surface area contributed by atoms with E-state index in [2.05, 4.69) is 25.3 Å². The van der Waals surface area contributed by atoms with Crippen molar-refractivity contribution in [3.8, 4) is 11.3 Å². The minimum absolute atomic E-state index is 0.113. The number of sulfonamides is 1. The summed E-state index contributed by atoms with van der Waals surface area (Å²) >= 11 is 0. The molecule has 1 atom stereocenters. The Kier molecular flexibility index (Phi) is 7.96. The number of hydrogen-bond acceptors (Lipinski definition) is 7. The van der Waals surface area contributed by atoms with Gasteiger partial charge in [0.05, 0.1) is 4.90 Å². The number of nitrogens with zero attached hydrogens (tertiary/aromatic N) is 2. The number of nitrogens with one attached hydrogen (secondary N) is 4. The van der Waals surface area contributed by atoms with Gasteiger partial charge in [0.2, 0.25) is 15.9 Å². The first kappa shape index (κ1) is 25.0. The van der Waals surface area contributed by atoms with Crippen molar-refractivity contribution in [1.29, 1.82) is 0 Å². The maximum atomic E-state index is 12.7. The highest BCUT2D eigenvalue weighted by molar-refractivity contribution is 7.89. The Morgan fingerprint density at radius 2 is 2.06 bits per heavy atom. The second kappa shape index (κ2) is 11.1. The lowest BCUT2D eigenvalue weighted by molar-refractivity contribution is -0.121. The second-order valence-corrected chi connectivity index (χ2v) is 10.3. The molecule has 35 heavy (non-hydrogen) atoms. The summed E-state index contributed by atoms with van der Waals surface area (Å²) in [5, 5.41) is 6.68. The van der Waals surface area contributed by atoms with Crippen molar-refractivity contribution >= 4 is 27.0 Å². The van der Waals surface area contributed by atoms with Crippen LogP contribution >= 0.6 is 0 Å². The van der Waals surface area contributed by atoms with Crippen LogP contribution in [0.3, 0.4) is 0 Å². The standard InChI is InChI=1S/C23H31N7O4S/c24-9-2-11-26-21(31)8-12-30-15-17-13-20(27-22(17)28-23(30)32)16-4-6-19(7-5-16)35(33,34)29-18-3-1-10-25-14-18/h4-7,13,15,18,25,29H,1-3,8-12,14,24H2,(H,26,31)(H,27,28,32)/t18-/m1/s1. The number of fused-ring (bicyclic) bond motifs is 1. The van der Waals surface area contributed by atoms with Crippen molar-refractivity contribution in [2.24, 2.45) is 5.73 Å². The van der Waals surface area contributed by atoms with Gasteiger partial charge in [-0.15, -0.1) is 0 Å². The molecule has 0 spiro atoms. The summed E-state index contributed by atoms with van der Waals surface area (Å²) in [6, 6.07) is 8.30. The quantitative estimate of drug-likeness (QED) is 0.249. The monoisotopic (exact) mass is 501 g/mol. The lowest BCUT2D eigenvalue weighted by atomic mass is 10.1. The third-order valence-electron chi connectivity index (χ3n) is 5.95. The normalized spacial score (nSPS) is 16.4. The van der Waals surface area contributed by atoms with Crippen LogP contribution in [0.25, 0.3) is 22.3 Å². The molecule has 1 fully saturated rings. The van der Waals surface area contributed by atoms with Crippen LogP contribution in [-0.4, -0.2) is 61.1 Å². The lowest BCUT2D eigenvalue weighted by Gasteiger charge is -2.23. The summed E-state index contributed by atoms with van der Waals surface area (Å²) in [5.74, 6) is -0.149. The molecule has 0 unspecified atom stereocenters. The molecule has 1 aromatic carbocycles. The van der Waals surface area contributed by atoms with Crippen LogP contribution < -0.4 is 26.8 Å². The van der Waals surface area contributed by atoms with Gasteiger partial charge in [-0.1, -0.05) is 12.1 Å². The SMILES string of the molecule is NCCCNC(=O)CCn1cc2cc(-c3ccc(S(=O)(=O)N[C@@H]4CCCNC4)cc3)[nH]c2nc1=O. The maximum Gasteiger partial charge on any atom is 0.349 e.